The standard InChI is InChI=1S/C22H34N4O2S2/c1-16-6-9-25(10-7-16)21(22-5-4-11-29-22)14-23-13-20-17(2)24-26(18(20)3)19-8-12-30(27,28)15-19/h4-5,11,16,19,21,23H,6-10,12-15H2,1-3H3/t19-,21+/m1/s1. The van der Waals surface area contributed by atoms with Crippen LogP contribution in [0.1, 0.15) is 60.1 Å². The number of likely N-dealkylation sites (tertiary alicyclic amines) is 1. The molecule has 2 aliphatic rings. The van der Waals surface area contributed by atoms with Crippen LogP contribution in [0.2, 0.25) is 0 Å². The second kappa shape index (κ2) is 9.10. The van der Waals surface area contributed by atoms with Crippen molar-refractivity contribution in [3.63, 3.8) is 0 Å². The van der Waals surface area contributed by atoms with Crippen LogP contribution in [-0.4, -0.2) is 54.2 Å². The average Bonchev–Trinajstić information content (AvgIpc) is 3.41. The van der Waals surface area contributed by atoms with Gasteiger partial charge in [-0.25, -0.2) is 8.42 Å². The maximum absolute atomic E-state index is 11.9. The lowest BCUT2D eigenvalue weighted by Gasteiger charge is -2.36. The van der Waals surface area contributed by atoms with Gasteiger partial charge >= 0.3 is 0 Å². The summed E-state index contributed by atoms with van der Waals surface area (Å²) in [5.74, 6) is 1.32. The first-order valence-electron chi connectivity index (χ1n) is 11.1. The van der Waals surface area contributed by atoms with Crippen LogP contribution in [0.15, 0.2) is 17.5 Å². The Morgan fingerprint density at radius 3 is 2.67 bits per heavy atom. The van der Waals surface area contributed by atoms with Gasteiger partial charge in [0.2, 0.25) is 0 Å². The lowest BCUT2D eigenvalue weighted by atomic mass is 9.97. The summed E-state index contributed by atoms with van der Waals surface area (Å²) in [6, 6.07) is 4.79. The summed E-state index contributed by atoms with van der Waals surface area (Å²) in [7, 11) is -2.91. The van der Waals surface area contributed by atoms with Crippen LogP contribution in [0, 0.1) is 19.8 Å². The van der Waals surface area contributed by atoms with Gasteiger partial charge in [0.05, 0.1) is 29.3 Å². The number of rotatable bonds is 7. The van der Waals surface area contributed by atoms with E-state index in [1.54, 1.807) is 0 Å². The van der Waals surface area contributed by atoms with E-state index in [1.807, 2.05) is 22.9 Å². The zero-order chi connectivity index (χ0) is 21.3. The molecule has 0 radical (unpaired) electrons. The minimum atomic E-state index is -2.91. The Bertz CT molecular complexity index is 944. The van der Waals surface area contributed by atoms with Crippen molar-refractivity contribution in [1.29, 1.82) is 0 Å². The van der Waals surface area contributed by atoms with Crippen LogP contribution in [0.3, 0.4) is 0 Å². The number of aryl methyl sites for hydroxylation is 1. The molecule has 0 bridgehead atoms. The molecule has 4 rings (SSSR count). The smallest absolute Gasteiger partial charge is 0.152 e. The molecule has 0 unspecified atom stereocenters. The van der Waals surface area contributed by atoms with Crippen molar-refractivity contribution in [2.24, 2.45) is 5.92 Å². The Balaban J connectivity index is 1.42. The number of nitrogens with one attached hydrogen (secondary N) is 1. The monoisotopic (exact) mass is 450 g/mol. The van der Waals surface area contributed by atoms with Crippen molar-refractivity contribution in [2.45, 2.75) is 58.7 Å². The number of nitrogens with zero attached hydrogens (tertiary/aromatic N) is 3. The molecule has 2 fully saturated rings. The molecule has 30 heavy (non-hydrogen) atoms. The van der Waals surface area contributed by atoms with Gasteiger partial charge < -0.3 is 5.32 Å². The first kappa shape index (κ1) is 22.0. The molecule has 0 spiro atoms. The van der Waals surface area contributed by atoms with Crippen LogP contribution in [0.5, 0.6) is 0 Å². The predicted octanol–water partition coefficient (Wildman–Crippen LogP) is 3.48. The molecule has 0 aromatic carbocycles. The number of sulfone groups is 1. The van der Waals surface area contributed by atoms with E-state index in [4.69, 9.17) is 5.10 Å². The topological polar surface area (TPSA) is 67.2 Å². The van der Waals surface area contributed by atoms with Gasteiger partial charge in [0.1, 0.15) is 0 Å². The maximum atomic E-state index is 11.9. The number of aromatic nitrogens is 2. The summed E-state index contributed by atoms with van der Waals surface area (Å²) >= 11 is 1.84. The zero-order valence-corrected chi connectivity index (χ0v) is 19.9. The van der Waals surface area contributed by atoms with Crippen molar-refractivity contribution < 1.29 is 8.42 Å². The Morgan fingerprint density at radius 1 is 1.27 bits per heavy atom. The number of hydrogen-bond donors (Lipinski definition) is 1. The predicted molar refractivity (Wildman–Crippen MR) is 123 cm³/mol. The first-order chi connectivity index (χ1) is 14.3. The molecule has 2 aromatic heterocycles. The summed E-state index contributed by atoms with van der Waals surface area (Å²) in [6.07, 6.45) is 3.22. The van der Waals surface area contributed by atoms with E-state index < -0.39 is 9.84 Å². The van der Waals surface area contributed by atoms with E-state index >= 15 is 0 Å². The lowest BCUT2D eigenvalue weighted by Crippen LogP contribution is -2.40. The normalized spacial score (nSPS) is 23.8. The molecular weight excluding hydrogens is 416 g/mol. The van der Waals surface area contributed by atoms with E-state index in [0.29, 0.717) is 12.5 Å². The molecule has 4 heterocycles. The minimum absolute atomic E-state index is 0.0170. The van der Waals surface area contributed by atoms with Crippen LogP contribution >= 0.6 is 11.3 Å². The van der Waals surface area contributed by atoms with Gasteiger partial charge in [0, 0.05) is 29.2 Å². The van der Waals surface area contributed by atoms with Gasteiger partial charge in [-0.3, -0.25) is 9.58 Å². The molecule has 0 aliphatic carbocycles. The third-order valence-corrected chi connectivity index (χ3v) is 9.52. The molecule has 8 heteroatoms. The third kappa shape index (κ3) is 4.82. The number of thiophene rings is 1. The molecule has 2 aromatic rings. The second-order valence-electron chi connectivity index (χ2n) is 9.03. The molecule has 2 aliphatic heterocycles. The van der Waals surface area contributed by atoms with Crippen molar-refractivity contribution >= 4 is 21.2 Å². The van der Waals surface area contributed by atoms with E-state index in [1.165, 1.54) is 23.3 Å². The van der Waals surface area contributed by atoms with E-state index in [0.717, 1.165) is 43.5 Å². The summed E-state index contributed by atoms with van der Waals surface area (Å²) in [6.45, 7) is 10.5. The molecule has 6 nitrogen and oxygen atoms in total. The van der Waals surface area contributed by atoms with E-state index in [-0.39, 0.29) is 17.5 Å². The van der Waals surface area contributed by atoms with E-state index in [2.05, 4.69) is 41.6 Å². The maximum Gasteiger partial charge on any atom is 0.152 e. The highest BCUT2D eigenvalue weighted by Crippen LogP contribution is 2.30. The van der Waals surface area contributed by atoms with Gasteiger partial charge in [0.25, 0.3) is 0 Å². The fraction of sp³-hybridized carbons (Fsp3) is 0.682. The molecule has 2 atom stereocenters. The average molecular weight is 451 g/mol. The Hall–Kier alpha value is -1.22. The van der Waals surface area contributed by atoms with Gasteiger partial charge in [-0.1, -0.05) is 13.0 Å². The Kier molecular flexibility index (Phi) is 6.67. The molecular formula is C22H34N4O2S2. The second-order valence-corrected chi connectivity index (χ2v) is 12.2. The largest absolute Gasteiger partial charge is 0.311 e. The summed E-state index contributed by atoms with van der Waals surface area (Å²) in [4.78, 5) is 4.06. The highest BCUT2D eigenvalue weighted by Gasteiger charge is 2.31. The highest BCUT2D eigenvalue weighted by atomic mass is 32.2. The number of hydrogen-bond acceptors (Lipinski definition) is 6. The summed E-state index contributed by atoms with van der Waals surface area (Å²) < 4.78 is 25.7. The summed E-state index contributed by atoms with van der Waals surface area (Å²) in [5, 5.41) is 10.6. The van der Waals surface area contributed by atoms with Crippen molar-refractivity contribution in [3.8, 4) is 0 Å². The zero-order valence-electron chi connectivity index (χ0n) is 18.3. The van der Waals surface area contributed by atoms with Crippen LogP contribution in [0.4, 0.5) is 0 Å². The molecule has 2 saturated heterocycles. The van der Waals surface area contributed by atoms with Crippen molar-refractivity contribution in [3.05, 3.63) is 39.3 Å². The molecule has 1 N–H and O–H groups in total. The highest BCUT2D eigenvalue weighted by molar-refractivity contribution is 7.91. The summed E-state index contributed by atoms with van der Waals surface area (Å²) in [5.41, 5.74) is 3.31. The quantitative estimate of drug-likeness (QED) is 0.699. The van der Waals surface area contributed by atoms with Crippen LogP contribution in [-0.2, 0) is 16.4 Å². The molecule has 166 valence electrons. The van der Waals surface area contributed by atoms with Crippen LogP contribution < -0.4 is 5.32 Å². The Labute approximate surface area is 184 Å². The Morgan fingerprint density at radius 2 is 2.03 bits per heavy atom. The van der Waals surface area contributed by atoms with Gasteiger partial charge in [-0.05, 0) is 63.6 Å². The van der Waals surface area contributed by atoms with E-state index in [9.17, 15) is 8.42 Å². The first-order valence-corrected chi connectivity index (χ1v) is 13.8. The third-order valence-electron chi connectivity index (χ3n) is 6.80. The van der Waals surface area contributed by atoms with Gasteiger partial charge in [0.15, 0.2) is 9.84 Å². The fourth-order valence-corrected chi connectivity index (χ4v) is 7.39. The molecule has 0 saturated carbocycles. The van der Waals surface area contributed by atoms with Gasteiger partial charge in [-0.15, -0.1) is 11.3 Å². The lowest BCUT2D eigenvalue weighted by molar-refractivity contribution is 0.137. The fourth-order valence-electron chi connectivity index (χ4n) is 4.84. The van der Waals surface area contributed by atoms with Crippen LogP contribution in [0.25, 0.3) is 0 Å². The SMILES string of the molecule is Cc1nn([C@@H]2CCS(=O)(=O)C2)c(C)c1CNC[C@@H](c1cccs1)N1CCC(C)CC1. The van der Waals surface area contributed by atoms with Gasteiger partial charge in [-0.2, -0.15) is 5.10 Å². The minimum Gasteiger partial charge on any atom is -0.311 e. The van der Waals surface area contributed by atoms with Crippen molar-refractivity contribution in [1.82, 2.24) is 20.0 Å². The number of piperidine rings is 1. The van der Waals surface area contributed by atoms with Crippen molar-refractivity contribution in [2.75, 3.05) is 31.1 Å². The molecule has 0 amide bonds.